The Kier molecular flexibility index (Phi) is 12.5. The van der Waals surface area contributed by atoms with E-state index >= 15 is 0 Å². The predicted octanol–water partition coefficient (Wildman–Crippen LogP) is 3.92. The maximum atomic E-state index is 10.6. The van der Waals surface area contributed by atoms with Gasteiger partial charge in [0.1, 0.15) is 0 Å². The van der Waals surface area contributed by atoms with Crippen LogP contribution in [0.3, 0.4) is 0 Å². The van der Waals surface area contributed by atoms with E-state index in [0.29, 0.717) is 6.54 Å². The van der Waals surface area contributed by atoms with Crippen LogP contribution in [-0.2, 0) is 4.79 Å². The molecule has 0 saturated heterocycles. The second kappa shape index (κ2) is 12.9. The van der Waals surface area contributed by atoms with Crippen LogP contribution in [0.15, 0.2) is 0 Å². The Bertz CT molecular complexity index is 195. The molecule has 0 aromatic carbocycles. The Morgan fingerprint density at radius 1 is 0.833 bits per heavy atom. The van der Waals surface area contributed by atoms with E-state index in [9.17, 15) is 4.79 Å². The van der Waals surface area contributed by atoms with Gasteiger partial charge in [-0.15, -0.1) is 0 Å². The molecule has 108 valence electrons. The van der Waals surface area contributed by atoms with Crippen molar-refractivity contribution in [3.05, 3.63) is 0 Å². The van der Waals surface area contributed by atoms with Crippen LogP contribution in [0.2, 0.25) is 0 Å². The Balaban J connectivity index is 3.70. The molecule has 0 aromatic heterocycles. The number of carboxylic acids is 1. The first-order valence-corrected chi connectivity index (χ1v) is 7.64. The highest BCUT2D eigenvalue weighted by Crippen LogP contribution is 2.06. The molecule has 0 bridgehead atoms. The molecule has 0 aliphatic rings. The molecule has 0 spiro atoms. The fourth-order valence-electron chi connectivity index (χ4n) is 2.11. The molecule has 3 heteroatoms. The Morgan fingerprint density at radius 3 is 1.89 bits per heavy atom. The normalized spacial score (nSPS) is 11.1. The SMILES string of the molecule is CCCCCCCN(CCCCC)CCC(=O)O. The Morgan fingerprint density at radius 2 is 1.33 bits per heavy atom. The molecule has 0 aliphatic heterocycles. The first-order valence-electron chi connectivity index (χ1n) is 7.64. The molecule has 0 heterocycles. The van der Waals surface area contributed by atoms with Gasteiger partial charge >= 0.3 is 5.97 Å². The highest BCUT2D eigenvalue weighted by Gasteiger charge is 2.06. The summed E-state index contributed by atoms with van der Waals surface area (Å²) in [5, 5.41) is 8.75. The molecule has 0 amide bonds. The third-order valence-corrected chi connectivity index (χ3v) is 3.30. The van der Waals surface area contributed by atoms with Gasteiger partial charge < -0.3 is 10.0 Å². The lowest BCUT2D eigenvalue weighted by molar-refractivity contribution is -0.137. The first-order chi connectivity index (χ1) is 8.70. The zero-order valence-electron chi connectivity index (χ0n) is 12.3. The zero-order valence-corrected chi connectivity index (χ0v) is 12.3. The molecular weight excluding hydrogens is 226 g/mol. The van der Waals surface area contributed by atoms with E-state index in [1.807, 2.05) is 0 Å². The number of hydrogen-bond acceptors (Lipinski definition) is 2. The number of carboxylic acid groups (broad SMARTS) is 1. The van der Waals surface area contributed by atoms with Crippen molar-refractivity contribution in [1.29, 1.82) is 0 Å². The third-order valence-electron chi connectivity index (χ3n) is 3.30. The Labute approximate surface area is 113 Å². The summed E-state index contributed by atoms with van der Waals surface area (Å²) in [4.78, 5) is 13.0. The monoisotopic (exact) mass is 257 g/mol. The van der Waals surface area contributed by atoms with Gasteiger partial charge in [-0.3, -0.25) is 4.79 Å². The second-order valence-electron chi connectivity index (χ2n) is 5.11. The van der Waals surface area contributed by atoms with Gasteiger partial charge in [0, 0.05) is 6.54 Å². The van der Waals surface area contributed by atoms with Crippen LogP contribution in [-0.4, -0.2) is 35.6 Å². The molecule has 0 atom stereocenters. The number of hydrogen-bond donors (Lipinski definition) is 1. The second-order valence-corrected chi connectivity index (χ2v) is 5.11. The lowest BCUT2D eigenvalue weighted by Crippen LogP contribution is -2.28. The van der Waals surface area contributed by atoms with Crippen LogP contribution in [0.25, 0.3) is 0 Å². The van der Waals surface area contributed by atoms with Gasteiger partial charge in [-0.25, -0.2) is 0 Å². The molecule has 0 aliphatic carbocycles. The van der Waals surface area contributed by atoms with Crippen molar-refractivity contribution < 1.29 is 9.90 Å². The fraction of sp³-hybridized carbons (Fsp3) is 0.933. The van der Waals surface area contributed by atoms with Crippen molar-refractivity contribution in [2.24, 2.45) is 0 Å². The number of carbonyl (C=O) groups is 1. The van der Waals surface area contributed by atoms with Crippen molar-refractivity contribution in [3.8, 4) is 0 Å². The molecular formula is C15H31NO2. The summed E-state index contributed by atoms with van der Waals surface area (Å²) in [5.41, 5.74) is 0. The summed E-state index contributed by atoms with van der Waals surface area (Å²) in [6, 6.07) is 0. The third kappa shape index (κ3) is 11.9. The van der Waals surface area contributed by atoms with E-state index in [4.69, 9.17) is 5.11 Å². The zero-order chi connectivity index (χ0) is 13.6. The Hall–Kier alpha value is -0.570. The molecule has 0 radical (unpaired) electrons. The first kappa shape index (κ1) is 17.4. The van der Waals surface area contributed by atoms with E-state index in [2.05, 4.69) is 18.7 Å². The van der Waals surface area contributed by atoms with Gasteiger partial charge in [-0.05, 0) is 25.9 Å². The van der Waals surface area contributed by atoms with Crippen LogP contribution >= 0.6 is 0 Å². The summed E-state index contributed by atoms with van der Waals surface area (Å²) in [7, 11) is 0. The molecule has 0 fully saturated rings. The van der Waals surface area contributed by atoms with Crippen molar-refractivity contribution in [1.82, 2.24) is 4.90 Å². The minimum Gasteiger partial charge on any atom is -0.481 e. The highest BCUT2D eigenvalue weighted by molar-refractivity contribution is 5.66. The van der Waals surface area contributed by atoms with E-state index in [0.717, 1.165) is 13.1 Å². The number of unbranched alkanes of at least 4 members (excludes halogenated alkanes) is 6. The maximum absolute atomic E-state index is 10.6. The summed E-state index contributed by atoms with van der Waals surface area (Å²) in [5.74, 6) is -0.679. The quantitative estimate of drug-likeness (QED) is 0.508. The predicted molar refractivity (Wildman–Crippen MR) is 77.0 cm³/mol. The minimum absolute atomic E-state index is 0.279. The van der Waals surface area contributed by atoms with Gasteiger partial charge in [0.05, 0.1) is 6.42 Å². The lowest BCUT2D eigenvalue weighted by atomic mass is 10.1. The van der Waals surface area contributed by atoms with E-state index in [1.54, 1.807) is 0 Å². The fourth-order valence-corrected chi connectivity index (χ4v) is 2.11. The van der Waals surface area contributed by atoms with Crippen LogP contribution in [0, 0.1) is 0 Å². The summed E-state index contributed by atoms with van der Waals surface area (Å²) in [6.07, 6.45) is 10.4. The standard InChI is InChI=1S/C15H31NO2/c1-3-5-7-8-10-13-16(12-9-6-4-2)14-11-15(17)18/h3-14H2,1-2H3,(H,17,18). The summed E-state index contributed by atoms with van der Waals surface area (Å²) >= 11 is 0. The van der Waals surface area contributed by atoms with Crippen LogP contribution in [0.5, 0.6) is 0 Å². The van der Waals surface area contributed by atoms with Crippen molar-refractivity contribution in [3.63, 3.8) is 0 Å². The highest BCUT2D eigenvalue weighted by atomic mass is 16.4. The van der Waals surface area contributed by atoms with Crippen molar-refractivity contribution >= 4 is 5.97 Å². The number of nitrogens with zero attached hydrogens (tertiary/aromatic N) is 1. The van der Waals surface area contributed by atoms with Crippen molar-refractivity contribution in [2.45, 2.75) is 71.6 Å². The van der Waals surface area contributed by atoms with Crippen LogP contribution < -0.4 is 0 Å². The van der Waals surface area contributed by atoms with Crippen LogP contribution in [0.4, 0.5) is 0 Å². The molecule has 0 saturated carbocycles. The van der Waals surface area contributed by atoms with Gasteiger partial charge in [0.25, 0.3) is 0 Å². The summed E-state index contributed by atoms with van der Waals surface area (Å²) in [6.45, 7) is 7.28. The van der Waals surface area contributed by atoms with Crippen LogP contribution in [0.1, 0.15) is 71.6 Å². The molecule has 3 nitrogen and oxygen atoms in total. The van der Waals surface area contributed by atoms with Gasteiger partial charge in [0.2, 0.25) is 0 Å². The minimum atomic E-state index is -0.679. The average Bonchev–Trinajstić information content (AvgIpc) is 2.35. The molecule has 0 rings (SSSR count). The van der Waals surface area contributed by atoms with Gasteiger partial charge in [-0.1, -0.05) is 52.4 Å². The van der Waals surface area contributed by atoms with E-state index in [1.165, 1.54) is 51.4 Å². The molecule has 18 heavy (non-hydrogen) atoms. The van der Waals surface area contributed by atoms with E-state index in [-0.39, 0.29) is 6.42 Å². The molecule has 0 aromatic rings. The molecule has 0 unspecified atom stereocenters. The van der Waals surface area contributed by atoms with Gasteiger partial charge in [0.15, 0.2) is 0 Å². The topological polar surface area (TPSA) is 40.5 Å². The largest absolute Gasteiger partial charge is 0.481 e. The molecule has 1 N–H and O–H groups in total. The van der Waals surface area contributed by atoms with Gasteiger partial charge in [-0.2, -0.15) is 0 Å². The maximum Gasteiger partial charge on any atom is 0.304 e. The van der Waals surface area contributed by atoms with Crippen molar-refractivity contribution in [2.75, 3.05) is 19.6 Å². The summed E-state index contributed by atoms with van der Waals surface area (Å²) < 4.78 is 0. The van der Waals surface area contributed by atoms with E-state index < -0.39 is 5.97 Å². The number of rotatable bonds is 13. The average molecular weight is 257 g/mol. The smallest absolute Gasteiger partial charge is 0.304 e. The number of aliphatic carboxylic acids is 1. The lowest BCUT2D eigenvalue weighted by Gasteiger charge is -2.21.